The minimum atomic E-state index is -0.906. The van der Waals surface area contributed by atoms with Crippen LogP contribution in [0.25, 0.3) is 0 Å². The molecule has 0 aliphatic carbocycles. The maximum Gasteiger partial charge on any atom is 0.305 e. The molecular formula is C19H33NO9. The minimum Gasteiger partial charge on any atom is -0.481 e. The van der Waals surface area contributed by atoms with Crippen molar-refractivity contribution >= 4 is 17.8 Å². The van der Waals surface area contributed by atoms with Gasteiger partial charge in [-0.1, -0.05) is 13.8 Å². The predicted molar refractivity (Wildman–Crippen MR) is 101 cm³/mol. The summed E-state index contributed by atoms with van der Waals surface area (Å²) in [5, 5.41) is 11.4. The molecule has 0 spiro atoms. The summed E-state index contributed by atoms with van der Waals surface area (Å²) in [5.41, 5.74) is 0. The number of ether oxygens (including phenoxy) is 5. The molecule has 0 aromatic carbocycles. The Hall–Kier alpha value is -1.75. The van der Waals surface area contributed by atoms with Crippen molar-refractivity contribution in [1.29, 1.82) is 0 Å². The number of esters is 1. The van der Waals surface area contributed by atoms with Gasteiger partial charge in [-0.3, -0.25) is 14.4 Å². The van der Waals surface area contributed by atoms with E-state index in [1.54, 1.807) is 0 Å². The quantitative estimate of drug-likeness (QED) is 0.325. The Bertz CT molecular complexity index is 526. The summed E-state index contributed by atoms with van der Waals surface area (Å²) in [4.78, 5) is 33.1. The van der Waals surface area contributed by atoms with Crippen molar-refractivity contribution in [2.75, 3.05) is 39.6 Å². The summed E-state index contributed by atoms with van der Waals surface area (Å²) in [6.07, 6.45) is -1.08. The number of aliphatic carboxylic acids is 1. The smallest absolute Gasteiger partial charge is 0.305 e. The standard InChI is InChI=1S/C19H33NO9/c1-12-13(2)18(20-14(3)21)19(29-16(12)11-28-15(4)22)27-10-9-26-8-7-25-6-5-17(23)24/h12-13,16,18-19H,5-11H2,1-4H3,(H,20,21)(H,23,24). The van der Waals surface area contributed by atoms with Gasteiger partial charge in [0.15, 0.2) is 6.29 Å². The van der Waals surface area contributed by atoms with E-state index in [0.29, 0.717) is 13.2 Å². The molecule has 1 aliphatic rings. The van der Waals surface area contributed by atoms with Gasteiger partial charge in [-0.15, -0.1) is 0 Å². The van der Waals surface area contributed by atoms with Crippen molar-refractivity contribution in [3.8, 4) is 0 Å². The molecule has 168 valence electrons. The summed E-state index contributed by atoms with van der Waals surface area (Å²) in [7, 11) is 0. The second-order valence-corrected chi connectivity index (χ2v) is 7.03. The van der Waals surface area contributed by atoms with Crippen LogP contribution in [0.4, 0.5) is 0 Å². The van der Waals surface area contributed by atoms with E-state index in [2.05, 4.69) is 5.32 Å². The van der Waals surface area contributed by atoms with Gasteiger partial charge in [0.1, 0.15) is 6.61 Å². The van der Waals surface area contributed by atoms with E-state index in [-0.39, 0.29) is 68.7 Å². The van der Waals surface area contributed by atoms with Gasteiger partial charge in [-0.25, -0.2) is 0 Å². The van der Waals surface area contributed by atoms with Crippen LogP contribution in [0.1, 0.15) is 34.1 Å². The molecule has 1 rings (SSSR count). The number of carboxylic acids is 1. The van der Waals surface area contributed by atoms with Crippen LogP contribution >= 0.6 is 0 Å². The third-order valence-corrected chi connectivity index (χ3v) is 4.75. The number of carboxylic acid groups (broad SMARTS) is 1. The summed E-state index contributed by atoms with van der Waals surface area (Å²) >= 11 is 0. The molecule has 1 fully saturated rings. The van der Waals surface area contributed by atoms with Crippen molar-refractivity contribution in [3.05, 3.63) is 0 Å². The van der Waals surface area contributed by atoms with Gasteiger partial charge in [0.2, 0.25) is 5.91 Å². The number of carbonyl (C=O) groups is 3. The van der Waals surface area contributed by atoms with Gasteiger partial charge in [0.25, 0.3) is 0 Å². The minimum absolute atomic E-state index is 0.0433. The SMILES string of the molecule is CC(=O)NC1C(OCCOCCOCCC(=O)O)OC(COC(C)=O)C(C)C1C. The lowest BCUT2D eigenvalue weighted by atomic mass is 9.82. The first-order valence-corrected chi connectivity index (χ1v) is 9.77. The first kappa shape index (κ1) is 25.3. The third kappa shape index (κ3) is 10.0. The Kier molecular flexibility index (Phi) is 11.7. The number of hydrogen-bond acceptors (Lipinski definition) is 8. The summed E-state index contributed by atoms with van der Waals surface area (Å²) in [5.74, 6) is -1.38. The first-order valence-electron chi connectivity index (χ1n) is 9.77. The average Bonchev–Trinajstić information content (AvgIpc) is 2.64. The Morgan fingerprint density at radius 1 is 0.966 bits per heavy atom. The van der Waals surface area contributed by atoms with Gasteiger partial charge in [-0.05, 0) is 11.8 Å². The Balaban J connectivity index is 2.43. The summed E-state index contributed by atoms with van der Waals surface area (Å²) < 4.78 is 27.4. The molecule has 1 heterocycles. The van der Waals surface area contributed by atoms with Gasteiger partial charge < -0.3 is 34.1 Å². The molecule has 29 heavy (non-hydrogen) atoms. The van der Waals surface area contributed by atoms with Crippen LogP contribution in [0, 0.1) is 11.8 Å². The van der Waals surface area contributed by atoms with Gasteiger partial charge >= 0.3 is 11.9 Å². The number of amides is 1. The number of hydrogen-bond donors (Lipinski definition) is 2. The molecule has 5 atom stereocenters. The molecule has 0 radical (unpaired) electrons. The van der Waals surface area contributed by atoms with Gasteiger partial charge in [0.05, 0.1) is 51.6 Å². The van der Waals surface area contributed by atoms with E-state index in [4.69, 9.17) is 28.8 Å². The highest BCUT2D eigenvalue weighted by atomic mass is 16.7. The van der Waals surface area contributed by atoms with Crippen LogP contribution in [-0.2, 0) is 38.1 Å². The average molecular weight is 419 g/mol. The fourth-order valence-electron chi connectivity index (χ4n) is 2.97. The molecule has 0 aromatic rings. The Labute approximate surface area is 171 Å². The lowest BCUT2D eigenvalue weighted by molar-refractivity contribution is -0.247. The van der Waals surface area contributed by atoms with Crippen molar-refractivity contribution in [2.24, 2.45) is 11.8 Å². The first-order chi connectivity index (χ1) is 13.7. The predicted octanol–water partition coefficient (Wildman–Crippen LogP) is 0.576. The molecular weight excluding hydrogens is 386 g/mol. The zero-order chi connectivity index (χ0) is 21.8. The molecule has 0 aromatic heterocycles. The second-order valence-electron chi connectivity index (χ2n) is 7.03. The van der Waals surface area contributed by atoms with Crippen LogP contribution in [-0.4, -0.2) is 81.0 Å². The highest BCUT2D eigenvalue weighted by Crippen LogP contribution is 2.31. The molecule has 1 aliphatic heterocycles. The van der Waals surface area contributed by atoms with E-state index in [1.807, 2.05) is 13.8 Å². The van der Waals surface area contributed by atoms with E-state index in [9.17, 15) is 14.4 Å². The lowest BCUT2D eigenvalue weighted by Gasteiger charge is -2.44. The fraction of sp³-hybridized carbons (Fsp3) is 0.842. The van der Waals surface area contributed by atoms with Crippen LogP contribution in [0.2, 0.25) is 0 Å². The molecule has 0 saturated carbocycles. The van der Waals surface area contributed by atoms with E-state index >= 15 is 0 Å². The highest BCUT2D eigenvalue weighted by molar-refractivity contribution is 5.73. The summed E-state index contributed by atoms with van der Waals surface area (Å²) in [6.45, 7) is 8.15. The van der Waals surface area contributed by atoms with Crippen molar-refractivity contribution in [3.63, 3.8) is 0 Å². The van der Waals surface area contributed by atoms with E-state index < -0.39 is 12.3 Å². The lowest BCUT2D eigenvalue weighted by Crippen LogP contribution is -2.58. The third-order valence-electron chi connectivity index (χ3n) is 4.75. The zero-order valence-corrected chi connectivity index (χ0v) is 17.5. The molecule has 10 nitrogen and oxygen atoms in total. The number of nitrogens with one attached hydrogen (secondary N) is 1. The maximum atomic E-state index is 11.6. The van der Waals surface area contributed by atoms with Crippen LogP contribution in [0.15, 0.2) is 0 Å². The largest absolute Gasteiger partial charge is 0.481 e. The maximum absolute atomic E-state index is 11.6. The number of carbonyl (C=O) groups excluding carboxylic acids is 2. The van der Waals surface area contributed by atoms with Crippen molar-refractivity contribution < 1.29 is 43.2 Å². The van der Waals surface area contributed by atoms with Gasteiger partial charge in [0, 0.05) is 13.8 Å². The number of rotatable bonds is 13. The van der Waals surface area contributed by atoms with Crippen molar-refractivity contribution in [1.82, 2.24) is 5.32 Å². The van der Waals surface area contributed by atoms with Crippen LogP contribution in [0.3, 0.4) is 0 Å². The zero-order valence-electron chi connectivity index (χ0n) is 17.5. The molecule has 2 N–H and O–H groups in total. The molecule has 5 unspecified atom stereocenters. The second kappa shape index (κ2) is 13.5. The van der Waals surface area contributed by atoms with E-state index in [1.165, 1.54) is 13.8 Å². The Morgan fingerprint density at radius 3 is 2.17 bits per heavy atom. The van der Waals surface area contributed by atoms with E-state index in [0.717, 1.165) is 0 Å². The Morgan fingerprint density at radius 2 is 1.59 bits per heavy atom. The highest BCUT2D eigenvalue weighted by Gasteiger charge is 2.42. The topological polar surface area (TPSA) is 130 Å². The molecule has 1 amide bonds. The van der Waals surface area contributed by atoms with Crippen LogP contribution < -0.4 is 5.32 Å². The fourth-order valence-corrected chi connectivity index (χ4v) is 2.97. The molecule has 1 saturated heterocycles. The molecule has 0 bridgehead atoms. The monoisotopic (exact) mass is 419 g/mol. The van der Waals surface area contributed by atoms with Gasteiger partial charge in [-0.2, -0.15) is 0 Å². The summed E-state index contributed by atoms with van der Waals surface area (Å²) in [6, 6.07) is -0.338. The molecule has 10 heteroatoms. The van der Waals surface area contributed by atoms with Crippen molar-refractivity contribution in [2.45, 2.75) is 52.6 Å². The normalized spacial score (nSPS) is 26.7. The van der Waals surface area contributed by atoms with Crippen LogP contribution in [0.5, 0.6) is 0 Å².